The molecule has 0 aliphatic carbocycles. The Bertz CT molecular complexity index is 105. The van der Waals surface area contributed by atoms with Crippen molar-refractivity contribution in [2.45, 2.75) is 13.0 Å². The highest BCUT2D eigenvalue weighted by Crippen LogP contribution is 1.86. The molecule has 0 saturated heterocycles. The lowest BCUT2D eigenvalue weighted by atomic mass is 10.3. The Labute approximate surface area is 42.9 Å². The van der Waals surface area contributed by atoms with E-state index >= 15 is 0 Å². The van der Waals surface area contributed by atoms with E-state index in [4.69, 9.17) is 0 Å². The maximum absolute atomic E-state index is 3.69. The summed E-state index contributed by atoms with van der Waals surface area (Å²) < 4.78 is 0. The van der Waals surface area contributed by atoms with Gasteiger partial charge in [-0.15, -0.1) is 0 Å². The van der Waals surface area contributed by atoms with Crippen molar-refractivity contribution in [3.05, 3.63) is 12.3 Å². The second kappa shape index (κ2) is 1.78. The molecule has 2 nitrogen and oxygen atoms in total. The minimum atomic E-state index is 0.400. The maximum Gasteiger partial charge on any atom is 0.169 e. The lowest BCUT2D eigenvalue weighted by Gasteiger charge is -2.05. The summed E-state index contributed by atoms with van der Waals surface area (Å²) in [7, 11) is 0. The van der Waals surface area contributed by atoms with Crippen molar-refractivity contribution in [2.75, 3.05) is 0 Å². The predicted molar refractivity (Wildman–Crippen MR) is 29.2 cm³/mol. The molecule has 0 aromatic rings. The largest absolute Gasteiger partial charge is 0.361 e. The van der Waals surface area contributed by atoms with Gasteiger partial charge in [0.05, 0.1) is 0 Å². The van der Waals surface area contributed by atoms with Gasteiger partial charge in [-0.25, -0.2) is 4.99 Å². The van der Waals surface area contributed by atoms with Gasteiger partial charge in [-0.3, -0.25) is 0 Å². The molecule has 1 aliphatic heterocycles. The Morgan fingerprint density at radius 1 is 1.86 bits per heavy atom. The number of rotatable bonds is 0. The molecule has 1 rings (SSSR count). The number of hydrogen-bond donors (Lipinski definition) is 1. The minimum absolute atomic E-state index is 0.400. The van der Waals surface area contributed by atoms with Crippen molar-refractivity contribution in [1.82, 2.24) is 5.32 Å². The van der Waals surface area contributed by atoms with E-state index < -0.39 is 0 Å². The molecule has 0 aromatic heterocycles. The number of hydrogen-bond acceptors (Lipinski definition) is 2. The molecule has 37 valence electrons. The first-order chi connectivity index (χ1) is 3.39. The average molecular weight is 95.1 g/mol. The third-order valence-corrected chi connectivity index (χ3v) is 0.806. The van der Waals surface area contributed by atoms with Crippen molar-refractivity contribution in [3.8, 4) is 0 Å². The van der Waals surface area contributed by atoms with Gasteiger partial charge in [0, 0.05) is 12.2 Å². The van der Waals surface area contributed by atoms with Gasteiger partial charge in [-0.05, 0) is 13.0 Å². The first kappa shape index (κ1) is 4.37. The fourth-order valence-corrected chi connectivity index (χ4v) is 0.397. The fraction of sp³-hybridized carbons (Fsp3) is 0.400. The highest BCUT2D eigenvalue weighted by Gasteiger charge is 1.92. The van der Waals surface area contributed by atoms with Crippen LogP contribution < -0.4 is 5.32 Å². The Kier molecular flexibility index (Phi) is 1.11. The van der Waals surface area contributed by atoms with Gasteiger partial charge in [0.2, 0.25) is 0 Å². The summed E-state index contributed by atoms with van der Waals surface area (Å²) in [6.07, 6.45) is 6.33. The van der Waals surface area contributed by atoms with Crippen molar-refractivity contribution >= 4 is 6.34 Å². The molecular weight excluding hydrogens is 88.1 g/mol. The zero-order valence-electron chi connectivity index (χ0n) is 4.18. The minimum Gasteiger partial charge on any atom is -0.361 e. The number of aliphatic imine (C=N–C) groups is 1. The quantitative estimate of drug-likeness (QED) is 0.462. The smallest absolute Gasteiger partial charge is 0.169 e. The third-order valence-electron chi connectivity index (χ3n) is 0.806. The molecule has 1 radical (unpaired) electrons. The van der Waals surface area contributed by atoms with Gasteiger partial charge in [-0.1, -0.05) is 0 Å². The number of nitrogens with zero attached hydrogens (tertiary/aromatic N) is 1. The third kappa shape index (κ3) is 1.03. The van der Waals surface area contributed by atoms with Crippen LogP contribution in [-0.4, -0.2) is 12.4 Å². The van der Waals surface area contributed by atoms with E-state index in [1.165, 1.54) is 0 Å². The normalized spacial score (nSPS) is 27.3. The lowest BCUT2D eigenvalue weighted by Crippen LogP contribution is -2.23. The van der Waals surface area contributed by atoms with Crippen molar-refractivity contribution in [3.63, 3.8) is 0 Å². The molecule has 0 aromatic carbocycles. The zero-order valence-corrected chi connectivity index (χ0v) is 4.18. The highest BCUT2D eigenvalue weighted by atomic mass is 15.0. The van der Waals surface area contributed by atoms with Crippen molar-refractivity contribution in [1.29, 1.82) is 0 Å². The highest BCUT2D eigenvalue weighted by molar-refractivity contribution is 5.57. The first-order valence-electron chi connectivity index (χ1n) is 2.26. The monoisotopic (exact) mass is 95.1 g/mol. The summed E-state index contributed by atoms with van der Waals surface area (Å²) >= 11 is 0. The van der Waals surface area contributed by atoms with E-state index in [1.807, 2.05) is 13.0 Å². The van der Waals surface area contributed by atoms with Crippen LogP contribution in [0.4, 0.5) is 0 Å². The Balaban J connectivity index is 2.49. The summed E-state index contributed by atoms with van der Waals surface area (Å²) in [4.78, 5) is 3.69. The van der Waals surface area contributed by atoms with E-state index in [1.54, 1.807) is 6.20 Å². The topological polar surface area (TPSA) is 24.4 Å². The molecular formula is C5H7N2. The Morgan fingerprint density at radius 2 is 2.71 bits per heavy atom. The van der Waals surface area contributed by atoms with Crippen LogP contribution in [-0.2, 0) is 0 Å². The van der Waals surface area contributed by atoms with Crippen molar-refractivity contribution in [2.24, 2.45) is 4.99 Å². The first-order valence-corrected chi connectivity index (χ1v) is 2.26. The second-order valence-electron chi connectivity index (χ2n) is 1.52. The van der Waals surface area contributed by atoms with Crippen LogP contribution in [0.15, 0.2) is 17.3 Å². The molecule has 2 heteroatoms. The van der Waals surface area contributed by atoms with Crippen LogP contribution in [0.5, 0.6) is 0 Å². The molecule has 1 aliphatic rings. The van der Waals surface area contributed by atoms with Gasteiger partial charge in [0.15, 0.2) is 6.34 Å². The van der Waals surface area contributed by atoms with Crippen LogP contribution >= 0.6 is 0 Å². The molecule has 0 amide bonds. The van der Waals surface area contributed by atoms with E-state index in [0.717, 1.165) is 0 Å². The Hall–Kier alpha value is -0.790. The summed E-state index contributed by atoms with van der Waals surface area (Å²) in [5.41, 5.74) is 0. The zero-order chi connectivity index (χ0) is 5.11. The maximum atomic E-state index is 3.69. The summed E-state index contributed by atoms with van der Waals surface area (Å²) in [5, 5.41) is 2.88. The van der Waals surface area contributed by atoms with Crippen molar-refractivity contribution < 1.29 is 0 Å². The second-order valence-corrected chi connectivity index (χ2v) is 1.52. The van der Waals surface area contributed by atoms with E-state index in [0.29, 0.717) is 6.04 Å². The van der Waals surface area contributed by atoms with E-state index in [-0.39, 0.29) is 0 Å². The molecule has 0 spiro atoms. The van der Waals surface area contributed by atoms with Crippen LogP contribution in [0, 0.1) is 0 Å². The van der Waals surface area contributed by atoms with Gasteiger partial charge in [-0.2, -0.15) is 0 Å². The molecule has 0 fully saturated rings. The average Bonchev–Trinajstić information content (AvgIpc) is 1.69. The Morgan fingerprint density at radius 3 is 3.00 bits per heavy atom. The molecule has 7 heavy (non-hydrogen) atoms. The molecule has 1 heterocycles. The van der Waals surface area contributed by atoms with Gasteiger partial charge >= 0.3 is 0 Å². The summed E-state index contributed by atoms with van der Waals surface area (Å²) in [6, 6.07) is 0.400. The SMILES string of the molecule is CC1C=CN=[C]N1. The summed E-state index contributed by atoms with van der Waals surface area (Å²) in [6.45, 7) is 2.04. The van der Waals surface area contributed by atoms with E-state index in [2.05, 4.69) is 16.6 Å². The van der Waals surface area contributed by atoms with Crippen LogP contribution in [0.25, 0.3) is 0 Å². The standard InChI is InChI=1S/C5H7N2/c1-5-2-3-6-4-7-5/h2-3,5H,1H3,(H,6,7). The van der Waals surface area contributed by atoms with Crippen LogP contribution in [0.1, 0.15) is 6.92 Å². The van der Waals surface area contributed by atoms with E-state index in [9.17, 15) is 0 Å². The van der Waals surface area contributed by atoms with Gasteiger partial charge in [0.25, 0.3) is 0 Å². The molecule has 1 unspecified atom stereocenters. The van der Waals surface area contributed by atoms with Crippen LogP contribution in [0.3, 0.4) is 0 Å². The van der Waals surface area contributed by atoms with Gasteiger partial charge < -0.3 is 5.32 Å². The molecule has 1 atom stereocenters. The summed E-state index contributed by atoms with van der Waals surface area (Å²) in [5.74, 6) is 0. The molecule has 0 saturated carbocycles. The molecule has 1 N–H and O–H groups in total. The number of nitrogens with one attached hydrogen (secondary N) is 1. The lowest BCUT2D eigenvalue weighted by molar-refractivity contribution is 0.805. The molecule has 0 bridgehead atoms. The van der Waals surface area contributed by atoms with Gasteiger partial charge in [0.1, 0.15) is 0 Å². The predicted octanol–water partition coefficient (Wildman–Crippen LogP) is 0.397. The van der Waals surface area contributed by atoms with Crippen LogP contribution in [0.2, 0.25) is 0 Å². The fourth-order valence-electron chi connectivity index (χ4n) is 0.397.